The number of carbonyl (C=O) groups excluding carboxylic acids is 1. The van der Waals surface area contributed by atoms with E-state index in [1.165, 1.54) is 18.0 Å². The molecule has 8 heteroatoms. The zero-order chi connectivity index (χ0) is 17.8. The number of nitrogens with one attached hydrogen (secondary N) is 1. The maximum absolute atomic E-state index is 12.1. The summed E-state index contributed by atoms with van der Waals surface area (Å²) in [5.74, 6) is -0.0411. The standard InChI is InChI=1S/C17H13Cl2N3O2S/c18-12-5-6-13(19)11(7-12)8-15-16(24)21-17(25-15)22-20-9-10-3-1-2-4-14(10)23/h1-7,9,15,23H,8H2,(H,21,22,24)/b20-9+. The fourth-order valence-corrected chi connectivity index (χ4v) is 3.57. The number of amidine groups is 1. The molecular weight excluding hydrogens is 381 g/mol. The first-order chi connectivity index (χ1) is 12.0. The van der Waals surface area contributed by atoms with Crippen LogP contribution in [0.15, 0.2) is 52.7 Å². The Bertz CT molecular complexity index is 871. The molecule has 0 aromatic heterocycles. The average Bonchev–Trinajstić information content (AvgIpc) is 2.92. The number of para-hydroxylation sites is 1. The maximum Gasteiger partial charge on any atom is 0.239 e. The molecule has 2 aromatic carbocycles. The van der Waals surface area contributed by atoms with Crippen molar-refractivity contribution in [3.63, 3.8) is 0 Å². The van der Waals surface area contributed by atoms with Crippen LogP contribution in [0, 0.1) is 0 Å². The van der Waals surface area contributed by atoms with Gasteiger partial charge in [-0.15, -0.1) is 5.10 Å². The van der Waals surface area contributed by atoms with Gasteiger partial charge in [-0.3, -0.25) is 4.79 Å². The van der Waals surface area contributed by atoms with Crippen LogP contribution in [0.3, 0.4) is 0 Å². The number of amides is 1. The van der Waals surface area contributed by atoms with Gasteiger partial charge in [0.2, 0.25) is 5.91 Å². The number of thioether (sulfide) groups is 1. The number of phenolic OH excluding ortho intramolecular Hbond substituents is 1. The number of hydrogen-bond donors (Lipinski definition) is 2. The second-order valence-electron chi connectivity index (χ2n) is 5.24. The molecule has 1 amide bonds. The number of carbonyl (C=O) groups is 1. The van der Waals surface area contributed by atoms with E-state index in [1.54, 1.807) is 42.5 Å². The minimum absolute atomic E-state index is 0.114. The van der Waals surface area contributed by atoms with Crippen molar-refractivity contribution in [1.29, 1.82) is 0 Å². The Labute approximate surface area is 158 Å². The second kappa shape index (κ2) is 7.91. The molecule has 1 fully saturated rings. The minimum Gasteiger partial charge on any atom is -0.507 e. The van der Waals surface area contributed by atoms with E-state index in [9.17, 15) is 9.90 Å². The van der Waals surface area contributed by atoms with E-state index in [2.05, 4.69) is 15.5 Å². The first-order valence-corrected chi connectivity index (χ1v) is 8.97. The highest BCUT2D eigenvalue weighted by molar-refractivity contribution is 8.15. The van der Waals surface area contributed by atoms with E-state index >= 15 is 0 Å². The van der Waals surface area contributed by atoms with Gasteiger partial charge >= 0.3 is 0 Å². The van der Waals surface area contributed by atoms with Crippen LogP contribution in [-0.4, -0.2) is 27.6 Å². The lowest BCUT2D eigenvalue weighted by Crippen LogP contribution is -2.26. The van der Waals surface area contributed by atoms with Gasteiger partial charge in [0, 0.05) is 15.6 Å². The predicted molar refractivity (Wildman–Crippen MR) is 103 cm³/mol. The van der Waals surface area contributed by atoms with E-state index in [0.29, 0.717) is 27.2 Å². The van der Waals surface area contributed by atoms with Crippen LogP contribution in [0.1, 0.15) is 11.1 Å². The van der Waals surface area contributed by atoms with Gasteiger partial charge in [0.15, 0.2) is 5.17 Å². The van der Waals surface area contributed by atoms with Gasteiger partial charge < -0.3 is 10.4 Å². The predicted octanol–water partition coefficient (Wildman–Crippen LogP) is 3.86. The molecule has 5 nitrogen and oxygen atoms in total. The maximum atomic E-state index is 12.1. The molecule has 0 radical (unpaired) electrons. The van der Waals surface area contributed by atoms with Crippen molar-refractivity contribution in [2.45, 2.75) is 11.7 Å². The lowest BCUT2D eigenvalue weighted by Gasteiger charge is -2.07. The third kappa shape index (κ3) is 4.54. The normalized spacial score (nSPS) is 18.9. The van der Waals surface area contributed by atoms with E-state index in [-0.39, 0.29) is 16.9 Å². The number of benzene rings is 2. The number of halogens is 2. The Kier molecular flexibility index (Phi) is 5.63. The minimum atomic E-state index is -0.352. The summed E-state index contributed by atoms with van der Waals surface area (Å²) in [5, 5.41) is 21.4. The lowest BCUT2D eigenvalue weighted by atomic mass is 10.1. The first kappa shape index (κ1) is 17.8. The molecular formula is C17H13Cl2N3O2S. The summed E-state index contributed by atoms with van der Waals surface area (Å²) < 4.78 is 0. The number of nitrogens with zero attached hydrogens (tertiary/aromatic N) is 2. The van der Waals surface area contributed by atoms with Crippen LogP contribution in [-0.2, 0) is 11.2 Å². The smallest absolute Gasteiger partial charge is 0.239 e. The Balaban J connectivity index is 1.68. The largest absolute Gasteiger partial charge is 0.507 e. The van der Waals surface area contributed by atoms with Gasteiger partial charge in [0.1, 0.15) is 5.75 Å². The molecule has 1 heterocycles. The van der Waals surface area contributed by atoms with Gasteiger partial charge in [0.25, 0.3) is 0 Å². The molecule has 0 spiro atoms. The van der Waals surface area contributed by atoms with Crippen molar-refractivity contribution in [2.75, 3.05) is 0 Å². The Morgan fingerprint density at radius 1 is 1.24 bits per heavy atom. The highest BCUT2D eigenvalue weighted by atomic mass is 35.5. The molecule has 1 unspecified atom stereocenters. The highest BCUT2D eigenvalue weighted by Crippen LogP contribution is 2.28. The monoisotopic (exact) mass is 393 g/mol. The first-order valence-electron chi connectivity index (χ1n) is 7.33. The Morgan fingerprint density at radius 3 is 2.84 bits per heavy atom. The van der Waals surface area contributed by atoms with Gasteiger partial charge in [-0.2, -0.15) is 5.10 Å². The van der Waals surface area contributed by atoms with E-state index in [1.807, 2.05) is 0 Å². The molecule has 2 N–H and O–H groups in total. The molecule has 1 saturated heterocycles. The van der Waals surface area contributed by atoms with Crippen LogP contribution in [0.2, 0.25) is 10.0 Å². The van der Waals surface area contributed by atoms with E-state index in [4.69, 9.17) is 23.2 Å². The number of phenols is 1. The Morgan fingerprint density at radius 2 is 2.04 bits per heavy atom. The van der Waals surface area contributed by atoms with E-state index < -0.39 is 0 Å². The van der Waals surface area contributed by atoms with Crippen molar-refractivity contribution in [3.8, 4) is 5.75 Å². The van der Waals surface area contributed by atoms with Gasteiger partial charge in [-0.25, -0.2) is 0 Å². The van der Waals surface area contributed by atoms with Crippen LogP contribution in [0.5, 0.6) is 5.75 Å². The zero-order valence-electron chi connectivity index (χ0n) is 12.8. The molecule has 3 rings (SSSR count). The van der Waals surface area contributed by atoms with Crippen molar-refractivity contribution in [3.05, 3.63) is 63.6 Å². The highest BCUT2D eigenvalue weighted by Gasteiger charge is 2.31. The molecule has 2 aromatic rings. The van der Waals surface area contributed by atoms with Crippen LogP contribution in [0.25, 0.3) is 0 Å². The van der Waals surface area contributed by atoms with Crippen molar-refractivity contribution in [1.82, 2.24) is 5.32 Å². The van der Waals surface area contributed by atoms with Crippen LogP contribution < -0.4 is 5.32 Å². The Hall–Kier alpha value is -2.02. The quantitative estimate of drug-likeness (QED) is 0.611. The fraction of sp³-hybridized carbons (Fsp3) is 0.118. The number of aromatic hydroxyl groups is 1. The third-order valence-corrected chi connectivity index (χ3v) is 5.15. The molecule has 128 valence electrons. The summed E-state index contributed by atoms with van der Waals surface area (Å²) in [6.45, 7) is 0. The molecule has 1 aliphatic heterocycles. The van der Waals surface area contributed by atoms with Crippen molar-refractivity contribution < 1.29 is 9.90 Å². The summed E-state index contributed by atoms with van der Waals surface area (Å²) in [6, 6.07) is 11.9. The molecule has 0 bridgehead atoms. The van der Waals surface area contributed by atoms with Gasteiger partial charge in [-0.05, 0) is 42.3 Å². The molecule has 1 aliphatic rings. The topological polar surface area (TPSA) is 74.0 Å². The fourth-order valence-electron chi connectivity index (χ4n) is 2.23. The SMILES string of the molecule is O=C1N/C(=N\N=C\c2ccccc2O)SC1Cc1cc(Cl)ccc1Cl. The molecule has 1 atom stereocenters. The molecule has 0 saturated carbocycles. The molecule has 0 aliphatic carbocycles. The van der Waals surface area contributed by atoms with E-state index in [0.717, 1.165) is 5.56 Å². The van der Waals surface area contributed by atoms with Crippen LogP contribution in [0.4, 0.5) is 0 Å². The lowest BCUT2D eigenvalue weighted by molar-refractivity contribution is -0.118. The molecule has 25 heavy (non-hydrogen) atoms. The third-order valence-electron chi connectivity index (χ3n) is 3.47. The number of rotatable bonds is 4. The van der Waals surface area contributed by atoms with Crippen LogP contribution >= 0.6 is 35.0 Å². The number of hydrogen-bond acceptors (Lipinski definition) is 5. The summed E-state index contributed by atoms with van der Waals surface area (Å²) in [6.07, 6.45) is 1.87. The summed E-state index contributed by atoms with van der Waals surface area (Å²) in [4.78, 5) is 12.1. The zero-order valence-corrected chi connectivity index (χ0v) is 15.1. The van der Waals surface area contributed by atoms with Crippen molar-refractivity contribution >= 4 is 52.3 Å². The van der Waals surface area contributed by atoms with Gasteiger partial charge in [-0.1, -0.05) is 47.1 Å². The summed E-state index contributed by atoms with van der Waals surface area (Å²) >= 11 is 13.4. The second-order valence-corrected chi connectivity index (χ2v) is 7.28. The van der Waals surface area contributed by atoms with Gasteiger partial charge in [0.05, 0.1) is 11.5 Å². The average molecular weight is 394 g/mol. The summed E-state index contributed by atoms with van der Waals surface area (Å²) in [7, 11) is 0. The van der Waals surface area contributed by atoms with Crippen molar-refractivity contribution in [2.24, 2.45) is 10.2 Å². The summed E-state index contributed by atoms with van der Waals surface area (Å²) in [5.41, 5.74) is 1.35.